The molecule has 1 saturated heterocycles. The van der Waals surface area contributed by atoms with Crippen molar-refractivity contribution in [3.8, 4) is 23.1 Å². The van der Waals surface area contributed by atoms with E-state index < -0.39 is 0 Å². The molecule has 1 aliphatic rings. The maximum Gasteiger partial charge on any atom is 0.146 e. The van der Waals surface area contributed by atoms with Crippen molar-refractivity contribution in [1.29, 1.82) is 5.26 Å². The Labute approximate surface area is 123 Å². The summed E-state index contributed by atoms with van der Waals surface area (Å²) in [6.07, 6.45) is 4.92. The number of nitriles is 1. The van der Waals surface area contributed by atoms with E-state index in [1.54, 1.807) is 12.3 Å². The minimum atomic E-state index is 0.0776. The predicted octanol–water partition coefficient (Wildman–Crippen LogP) is 2.57. The average Bonchev–Trinajstić information content (AvgIpc) is 2.57. The summed E-state index contributed by atoms with van der Waals surface area (Å²) >= 11 is 0. The second-order valence-corrected chi connectivity index (χ2v) is 4.82. The first-order valence-electron chi connectivity index (χ1n) is 6.92. The van der Waals surface area contributed by atoms with Crippen molar-refractivity contribution in [1.82, 2.24) is 9.97 Å². The summed E-state index contributed by atoms with van der Waals surface area (Å²) in [7, 11) is 0. The van der Waals surface area contributed by atoms with E-state index in [0.29, 0.717) is 24.5 Å². The summed E-state index contributed by atoms with van der Waals surface area (Å²) in [4.78, 5) is 8.18. The molecule has 0 aliphatic carbocycles. The predicted molar refractivity (Wildman–Crippen MR) is 76.7 cm³/mol. The fourth-order valence-electron chi connectivity index (χ4n) is 2.36. The minimum Gasteiger partial charge on any atom is -0.488 e. The van der Waals surface area contributed by atoms with Gasteiger partial charge < -0.3 is 9.47 Å². The van der Waals surface area contributed by atoms with Gasteiger partial charge in [-0.15, -0.1) is 0 Å². The lowest BCUT2D eigenvalue weighted by molar-refractivity contribution is 0.0257. The molecular formula is C16H15N3O2. The monoisotopic (exact) mass is 281 g/mol. The molecule has 5 nitrogen and oxygen atoms in total. The fraction of sp³-hybridized carbons (Fsp3) is 0.312. The fourth-order valence-corrected chi connectivity index (χ4v) is 2.36. The van der Waals surface area contributed by atoms with E-state index in [2.05, 4.69) is 16.0 Å². The molecule has 0 spiro atoms. The highest BCUT2D eigenvalue weighted by Crippen LogP contribution is 2.33. The van der Waals surface area contributed by atoms with Gasteiger partial charge in [-0.25, -0.2) is 9.97 Å². The summed E-state index contributed by atoms with van der Waals surface area (Å²) in [5, 5.41) is 9.33. The molecule has 1 aliphatic heterocycles. The third-order valence-electron chi connectivity index (χ3n) is 3.45. The van der Waals surface area contributed by atoms with Gasteiger partial charge in [0.15, 0.2) is 0 Å². The zero-order valence-electron chi connectivity index (χ0n) is 11.5. The molecule has 106 valence electrons. The molecule has 21 heavy (non-hydrogen) atoms. The number of aromatic nitrogens is 2. The largest absolute Gasteiger partial charge is 0.488 e. The molecule has 1 fully saturated rings. The third-order valence-corrected chi connectivity index (χ3v) is 3.45. The molecule has 0 amide bonds. The highest BCUT2D eigenvalue weighted by molar-refractivity contribution is 5.70. The molecular weight excluding hydrogens is 266 g/mol. The Morgan fingerprint density at radius 2 is 2.10 bits per heavy atom. The zero-order chi connectivity index (χ0) is 14.5. The zero-order valence-corrected chi connectivity index (χ0v) is 11.5. The van der Waals surface area contributed by atoms with Crippen LogP contribution in [-0.4, -0.2) is 29.3 Å². The topological polar surface area (TPSA) is 68.0 Å². The molecule has 2 aromatic rings. The molecule has 0 radical (unpaired) electrons. The van der Waals surface area contributed by atoms with E-state index in [4.69, 9.17) is 9.47 Å². The van der Waals surface area contributed by atoms with Crippen molar-refractivity contribution in [2.75, 3.05) is 13.2 Å². The molecule has 1 aromatic heterocycles. The summed E-state index contributed by atoms with van der Waals surface area (Å²) < 4.78 is 11.4. The van der Waals surface area contributed by atoms with Gasteiger partial charge in [0, 0.05) is 24.6 Å². The van der Waals surface area contributed by atoms with Crippen LogP contribution >= 0.6 is 0 Å². The molecule has 1 aromatic carbocycles. The third kappa shape index (κ3) is 3.01. The molecule has 2 heterocycles. The standard InChI is InChI=1S/C16H15N3O2/c17-10-12-2-1-3-14(15-4-7-18-11-19-15)16(12)21-13-5-8-20-9-6-13/h1-4,7,11,13H,5-6,8-9H2. The highest BCUT2D eigenvalue weighted by Gasteiger charge is 2.20. The van der Waals surface area contributed by atoms with Crippen LogP contribution in [0.4, 0.5) is 0 Å². The lowest BCUT2D eigenvalue weighted by atomic mass is 10.1. The van der Waals surface area contributed by atoms with E-state index in [-0.39, 0.29) is 6.10 Å². The molecule has 0 saturated carbocycles. The summed E-state index contributed by atoms with van der Waals surface area (Å²) in [5.41, 5.74) is 2.10. The van der Waals surface area contributed by atoms with E-state index in [0.717, 1.165) is 24.1 Å². The van der Waals surface area contributed by atoms with Gasteiger partial charge in [-0.2, -0.15) is 5.26 Å². The maximum atomic E-state index is 9.33. The van der Waals surface area contributed by atoms with Crippen LogP contribution in [-0.2, 0) is 4.74 Å². The van der Waals surface area contributed by atoms with Crippen LogP contribution in [0.2, 0.25) is 0 Å². The number of hydrogen-bond acceptors (Lipinski definition) is 5. The van der Waals surface area contributed by atoms with Gasteiger partial charge in [0.2, 0.25) is 0 Å². The van der Waals surface area contributed by atoms with Crippen LogP contribution < -0.4 is 4.74 Å². The number of benzene rings is 1. The normalized spacial score (nSPS) is 15.4. The second kappa shape index (κ2) is 6.33. The number of rotatable bonds is 3. The van der Waals surface area contributed by atoms with Gasteiger partial charge in [-0.1, -0.05) is 6.07 Å². The SMILES string of the molecule is N#Cc1cccc(-c2ccncn2)c1OC1CCOCC1. The number of ether oxygens (including phenoxy) is 2. The summed E-state index contributed by atoms with van der Waals surface area (Å²) in [6.45, 7) is 1.39. The highest BCUT2D eigenvalue weighted by atomic mass is 16.5. The van der Waals surface area contributed by atoms with Gasteiger partial charge in [0.25, 0.3) is 0 Å². The van der Waals surface area contributed by atoms with Gasteiger partial charge in [0.1, 0.15) is 24.3 Å². The Hall–Kier alpha value is -2.45. The lowest BCUT2D eigenvalue weighted by Crippen LogP contribution is -2.26. The van der Waals surface area contributed by atoms with Crippen molar-refractivity contribution in [3.63, 3.8) is 0 Å². The molecule has 5 heteroatoms. The molecule has 0 N–H and O–H groups in total. The van der Waals surface area contributed by atoms with Crippen LogP contribution in [0.3, 0.4) is 0 Å². The minimum absolute atomic E-state index is 0.0776. The second-order valence-electron chi connectivity index (χ2n) is 4.82. The van der Waals surface area contributed by atoms with Crippen LogP contribution in [0.25, 0.3) is 11.3 Å². The number of hydrogen-bond donors (Lipinski definition) is 0. The average molecular weight is 281 g/mol. The van der Waals surface area contributed by atoms with Crippen LogP contribution in [0.5, 0.6) is 5.75 Å². The number of nitrogens with zero attached hydrogens (tertiary/aromatic N) is 3. The van der Waals surface area contributed by atoms with Crippen molar-refractivity contribution >= 4 is 0 Å². The van der Waals surface area contributed by atoms with E-state index in [9.17, 15) is 5.26 Å². The molecule has 0 bridgehead atoms. The smallest absolute Gasteiger partial charge is 0.146 e. The van der Waals surface area contributed by atoms with E-state index >= 15 is 0 Å². The Balaban J connectivity index is 1.98. The Kier molecular flexibility index (Phi) is 4.08. The lowest BCUT2D eigenvalue weighted by Gasteiger charge is -2.25. The van der Waals surface area contributed by atoms with Gasteiger partial charge >= 0.3 is 0 Å². The van der Waals surface area contributed by atoms with Crippen LogP contribution in [0, 0.1) is 11.3 Å². The number of para-hydroxylation sites is 1. The Bertz CT molecular complexity index is 646. The van der Waals surface area contributed by atoms with Crippen LogP contribution in [0.1, 0.15) is 18.4 Å². The van der Waals surface area contributed by atoms with Crippen molar-refractivity contribution in [2.24, 2.45) is 0 Å². The quantitative estimate of drug-likeness (QED) is 0.865. The first-order chi connectivity index (χ1) is 10.4. The van der Waals surface area contributed by atoms with Crippen molar-refractivity contribution in [2.45, 2.75) is 18.9 Å². The van der Waals surface area contributed by atoms with E-state index in [1.807, 2.05) is 18.2 Å². The van der Waals surface area contributed by atoms with Crippen molar-refractivity contribution in [3.05, 3.63) is 42.4 Å². The molecule has 0 unspecified atom stereocenters. The van der Waals surface area contributed by atoms with Gasteiger partial charge in [-0.3, -0.25) is 0 Å². The van der Waals surface area contributed by atoms with Crippen molar-refractivity contribution < 1.29 is 9.47 Å². The first kappa shape index (κ1) is 13.5. The van der Waals surface area contributed by atoms with Gasteiger partial charge in [-0.05, 0) is 18.2 Å². The van der Waals surface area contributed by atoms with Crippen LogP contribution in [0.15, 0.2) is 36.8 Å². The first-order valence-corrected chi connectivity index (χ1v) is 6.92. The Morgan fingerprint density at radius 1 is 1.24 bits per heavy atom. The summed E-state index contributed by atoms with van der Waals surface area (Å²) in [6, 6.07) is 9.53. The van der Waals surface area contributed by atoms with E-state index in [1.165, 1.54) is 6.33 Å². The van der Waals surface area contributed by atoms with Gasteiger partial charge in [0.05, 0.1) is 24.5 Å². The molecule has 3 rings (SSSR count). The maximum absolute atomic E-state index is 9.33. The Morgan fingerprint density at radius 3 is 2.81 bits per heavy atom. The molecule has 0 atom stereocenters. The summed E-state index contributed by atoms with van der Waals surface area (Å²) in [5.74, 6) is 0.602.